The number of carbonyl (C=O) groups excluding carboxylic acids is 2. The average molecular weight is 698 g/mol. The SMILES string of the molecule is C=C(NCc1ccc(F)cc1)OC[C@@H]1CO[C@H](CCc2cc[nH]c(=O)c2NC(=O)C(NC(C)=O)C(c2ccccc2)c2ccccc2)CN1.CC. The van der Waals surface area contributed by atoms with Gasteiger partial charge in [0.1, 0.15) is 24.2 Å². The molecular weight excluding hydrogens is 649 g/mol. The van der Waals surface area contributed by atoms with Gasteiger partial charge in [0.2, 0.25) is 11.8 Å². The maximum Gasteiger partial charge on any atom is 0.271 e. The number of aromatic nitrogens is 1. The molecule has 0 aliphatic carbocycles. The van der Waals surface area contributed by atoms with Crippen LogP contribution in [-0.4, -0.2) is 54.7 Å². The third-order valence-electron chi connectivity index (χ3n) is 8.35. The molecule has 3 atom stereocenters. The lowest BCUT2D eigenvalue weighted by Crippen LogP contribution is -2.49. The number of hydrogen-bond donors (Lipinski definition) is 5. The summed E-state index contributed by atoms with van der Waals surface area (Å²) in [6.45, 7) is 11.1. The number of halogens is 1. The topological polar surface area (TPSA) is 134 Å². The van der Waals surface area contributed by atoms with E-state index in [1.807, 2.05) is 74.5 Å². The minimum Gasteiger partial charge on any atom is -0.478 e. The molecule has 2 heterocycles. The molecule has 1 aliphatic rings. The Kier molecular flexibility index (Phi) is 15.0. The number of hydrogen-bond acceptors (Lipinski definition) is 7. The van der Waals surface area contributed by atoms with E-state index < -0.39 is 23.4 Å². The fraction of sp³-hybridized carbons (Fsp3) is 0.325. The number of anilines is 1. The van der Waals surface area contributed by atoms with Crippen LogP contribution in [-0.2, 0) is 32.0 Å². The molecule has 0 radical (unpaired) electrons. The Balaban J connectivity index is 0.00000286. The predicted octanol–water partition coefficient (Wildman–Crippen LogP) is 5.38. The standard InChI is InChI=1S/C38H42FN5O5.C2H6/c1-25(45)43-36(34(28-9-5-3-6-10-28)29-11-7-4-8-12-29)38(47)44-35-30(19-20-40-37(35)46)15-18-33-22-42-32(24-49-33)23-48-26(2)41-21-27-13-16-31(39)17-14-27;1-2/h3-14,16-17,19-20,32-34,36,41-42H,2,15,18,21-24H2,1H3,(H,40,46)(H,43,45)(H,44,47);1-2H3/t32-,33-,36?;/m1./s1. The second kappa shape index (κ2) is 19.8. The maximum atomic E-state index is 14.0. The molecule has 10 nitrogen and oxygen atoms in total. The number of H-pyrrole nitrogens is 1. The Morgan fingerprint density at radius 2 is 1.63 bits per heavy atom. The molecular formula is C40H48FN5O5. The van der Waals surface area contributed by atoms with Crippen LogP contribution in [0.25, 0.3) is 0 Å². The van der Waals surface area contributed by atoms with Crippen LogP contribution in [0.15, 0.2) is 114 Å². The molecule has 1 fully saturated rings. The van der Waals surface area contributed by atoms with Gasteiger partial charge in [-0.25, -0.2) is 4.39 Å². The van der Waals surface area contributed by atoms with Crippen LogP contribution < -0.4 is 26.8 Å². The lowest BCUT2D eigenvalue weighted by molar-refractivity contribution is -0.125. The normalized spacial score (nSPS) is 15.9. The summed E-state index contributed by atoms with van der Waals surface area (Å²) < 4.78 is 25.0. The summed E-state index contributed by atoms with van der Waals surface area (Å²) in [6, 6.07) is 25.9. The lowest BCUT2D eigenvalue weighted by Gasteiger charge is -2.31. The highest BCUT2D eigenvalue weighted by atomic mass is 19.1. The molecule has 0 spiro atoms. The van der Waals surface area contributed by atoms with Crippen LogP contribution in [0.2, 0.25) is 0 Å². The highest BCUT2D eigenvalue weighted by Gasteiger charge is 2.33. The van der Waals surface area contributed by atoms with Gasteiger partial charge in [-0.1, -0.05) is 86.6 Å². The zero-order chi connectivity index (χ0) is 36.6. The van der Waals surface area contributed by atoms with E-state index in [9.17, 15) is 18.8 Å². The van der Waals surface area contributed by atoms with Crippen molar-refractivity contribution in [2.24, 2.45) is 0 Å². The fourth-order valence-corrected chi connectivity index (χ4v) is 5.82. The number of pyridine rings is 1. The van der Waals surface area contributed by atoms with Crippen molar-refractivity contribution in [1.29, 1.82) is 0 Å². The van der Waals surface area contributed by atoms with E-state index in [1.165, 1.54) is 19.1 Å². The largest absolute Gasteiger partial charge is 0.478 e. The van der Waals surface area contributed by atoms with Gasteiger partial charge in [-0.3, -0.25) is 14.4 Å². The Hall–Kier alpha value is -5.26. The van der Waals surface area contributed by atoms with Crippen molar-refractivity contribution in [3.63, 3.8) is 0 Å². The third-order valence-corrected chi connectivity index (χ3v) is 8.35. The van der Waals surface area contributed by atoms with E-state index in [-0.39, 0.29) is 29.6 Å². The molecule has 270 valence electrons. The molecule has 1 saturated heterocycles. The molecule has 1 aromatic heterocycles. The molecule has 1 unspecified atom stereocenters. The monoisotopic (exact) mass is 697 g/mol. The zero-order valence-corrected chi connectivity index (χ0v) is 29.4. The van der Waals surface area contributed by atoms with Gasteiger partial charge in [0, 0.05) is 32.1 Å². The first-order valence-corrected chi connectivity index (χ1v) is 17.3. The molecule has 4 aromatic rings. The number of ether oxygens (including phenoxy) is 2. The number of aryl methyl sites for hydroxylation is 1. The Morgan fingerprint density at radius 3 is 2.22 bits per heavy atom. The van der Waals surface area contributed by atoms with Crippen molar-refractivity contribution in [2.45, 2.75) is 64.3 Å². The van der Waals surface area contributed by atoms with Crippen LogP contribution in [0.5, 0.6) is 0 Å². The van der Waals surface area contributed by atoms with Crippen molar-refractivity contribution < 1.29 is 23.5 Å². The second-order valence-corrected chi connectivity index (χ2v) is 12.0. The minimum absolute atomic E-state index is 0.0390. The van der Waals surface area contributed by atoms with Crippen LogP contribution in [0.4, 0.5) is 10.1 Å². The van der Waals surface area contributed by atoms with Gasteiger partial charge in [-0.2, -0.15) is 0 Å². The second-order valence-electron chi connectivity index (χ2n) is 12.0. The Labute approximate surface area is 298 Å². The van der Waals surface area contributed by atoms with Gasteiger partial charge in [0.05, 0.1) is 18.8 Å². The Morgan fingerprint density at radius 1 is 0.980 bits per heavy atom. The first kappa shape index (κ1) is 38.5. The summed E-state index contributed by atoms with van der Waals surface area (Å²) in [6.07, 6.45) is 2.51. The van der Waals surface area contributed by atoms with Gasteiger partial charge < -0.3 is 35.7 Å². The van der Waals surface area contributed by atoms with Gasteiger partial charge in [-0.15, -0.1) is 0 Å². The summed E-state index contributed by atoms with van der Waals surface area (Å²) in [5.74, 6) is -1.24. The molecule has 1 aliphatic heterocycles. The molecule has 3 aromatic carbocycles. The molecule has 0 bridgehead atoms. The molecule has 5 N–H and O–H groups in total. The lowest BCUT2D eigenvalue weighted by atomic mass is 9.84. The third kappa shape index (κ3) is 11.7. The van der Waals surface area contributed by atoms with Crippen molar-refractivity contribution in [2.75, 3.05) is 25.1 Å². The number of morpholine rings is 1. The van der Waals surface area contributed by atoms with Crippen molar-refractivity contribution in [1.82, 2.24) is 20.9 Å². The summed E-state index contributed by atoms with van der Waals surface area (Å²) in [7, 11) is 0. The number of benzene rings is 3. The van der Waals surface area contributed by atoms with Crippen molar-refractivity contribution in [3.05, 3.63) is 148 Å². The average Bonchev–Trinajstić information content (AvgIpc) is 3.15. The van der Waals surface area contributed by atoms with Crippen LogP contribution in [0.3, 0.4) is 0 Å². The highest BCUT2D eigenvalue weighted by molar-refractivity contribution is 5.98. The van der Waals surface area contributed by atoms with E-state index in [0.29, 0.717) is 50.6 Å². The predicted molar refractivity (Wildman–Crippen MR) is 198 cm³/mol. The number of nitrogens with one attached hydrogen (secondary N) is 5. The number of aromatic amines is 1. The van der Waals surface area contributed by atoms with Crippen LogP contribution in [0, 0.1) is 5.82 Å². The summed E-state index contributed by atoms with van der Waals surface area (Å²) >= 11 is 0. The minimum atomic E-state index is -0.992. The molecule has 51 heavy (non-hydrogen) atoms. The van der Waals surface area contributed by atoms with E-state index >= 15 is 0 Å². The number of amides is 2. The van der Waals surface area contributed by atoms with Gasteiger partial charge in [0.15, 0.2) is 5.88 Å². The quantitative estimate of drug-likeness (QED) is 0.105. The summed E-state index contributed by atoms with van der Waals surface area (Å²) in [5.41, 5.74) is 2.97. The number of rotatable bonds is 15. The number of carbonyl (C=O) groups is 2. The fourth-order valence-electron chi connectivity index (χ4n) is 5.82. The molecule has 11 heteroatoms. The summed E-state index contributed by atoms with van der Waals surface area (Å²) in [4.78, 5) is 42.1. The molecule has 2 amide bonds. The van der Waals surface area contributed by atoms with E-state index in [4.69, 9.17) is 9.47 Å². The maximum absolute atomic E-state index is 14.0. The van der Waals surface area contributed by atoms with Gasteiger partial charge >= 0.3 is 0 Å². The van der Waals surface area contributed by atoms with E-state index in [2.05, 4.69) is 32.8 Å². The summed E-state index contributed by atoms with van der Waals surface area (Å²) in [5, 5.41) is 12.2. The Bertz CT molecular complexity index is 1700. The van der Waals surface area contributed by atoms with E-state index in [1.54, 1.807) is 24.4 Å². The first-order valence-electron chi connectivity index (χ1n) is 17.3. The van der Waals surface area contributed by atoms with Gasteiger partial charge in [-0.05, 0) is 59.9 Å². The smallest absolute Gasteiger partial charge is 0.271 e. The van der Waals surface area contributed by atoms with Crippen molar-refractivity contribution >= 4 is 17.5 Å². The van der Waals surface area contributed by atoms with E-state index in [0.717, 1.165) is 16.7 Å². The van der Waals surface area contributed by atoms with Gasteiger partial charge in [0.25, 0.3) is 5.56 Å². The van der Waals surface area contributed by atoms with Crippen LogP contribution in [0.1, 0.15) is 55.4 Å². The molecule has 5 rings (SSSR count). The van der Waals surface area contributed by atoms with Crippen LogP contribution >= 0.6 is 0 Å². The first-order chi connectivity index (χ1) is 24.8. The molecule has 0 saturated carbocycles. The van der Waals surface area contributed by atoms with Crippen molar-refractivity contribution in [3.8, 4) is 0 Å². The zero-order valence-electron chi connectivity index (χ0n) is 29.4. The highest BCUT2D eigenvalue weighted by Crippen LogP contribution is 2.29.